The lowest BCUT2D eigenvalue weighted by atomic mass is 10.2. The first-order valence-corrected chi connectivity index (χ1v) is 13.7. The number of ether oxygens (including phenoxy) is 3. The first-order valence-electron chi connectivity index (χ1n) is 12.1. The molecule has 15 nitrogen and oxygen atoms in total. The number of nitrogens with zero attached hydrogens (tertiary/aromatic N) is 1. The van der Waals surface area contributed by atoms with E-state index in [4.69, 9.17) is 18.7 Å². The number of aromatic amines is 1. The number of carbonyl (C=O) groups excluding carboxylic acids is 2. The Balaban J connectivity index is 3.26. The van der Waals surface area contributed by atoms with Crippen molar-refractivity contribution in [1.29, 1.82) is 0 Å². The van der Waals surface area contributed by atoms with Gasteiger partial charge in [-0.05, 0) is 48.5 Å². The van der Waals surface area contributed by atoms with Crippen molar-refractivity contribution in [1.82, 2.24) is 19.7 Å². The number of rotatable bonds is 16. The van der Waals surface area contributed by atoms with E-state index >= 15 is 4.39 Å². The predicted octanol–water partition coefficient (Wildman–Crippen LogP) is 0.0748. The molecule has 0 saturated carbocycles. The number of esters is 2. The van der Waals surface area contributed by atoms with Gasteiger partial charge in [-0.15, -0.1) is 0 Å². The molecule has 0 saturated heterocycles. The molecule has 1 aromatic heterocycles. The van der Waals surface area contributed by atoms with Crippen molar-refractivity contribution in [2.45, 2.75) is 90.9 Å². The van der Waals surface area contributed by atoms with Gasteiger partial charge in [0.05, 0.1) is 18.8 Å². The Morgan fingerprint density at radius 2 is 1.54 bits per heavy atom. The maximum atomic E-state index is 15.9. The molecule has 224 valence electrons. The third-order valence-electron chi connectivity index (χ3n) is 4.85. The minimum absolute atomic E-state index is 0.510. The summed E-state index contributed by atoms with van der Waals surface area (Å²) in [7, 11) is -4.51. The highest BCUT2D eigenvalue weighted by molar-refractivity contribution is 7.54. The van der Waals surface area contributed by atoms with E-state index in [1.807, 2.05) is 4.98 Å². The second kappa shape index (κ2) is 14.8. The fourth-order valence-corrected chi connectivity index (χ4v) is 4.70. The van der Waals surface area contributed by atoms with Crippen molar-refractivity contribution < 1.29 is 47.5 Å². The summed E-state index contributed by atoms with van der Waals surface area (Å²) in [5.74, 6) is -4.86. The van der Waals surface area contributed by atoms with Gasteiger partial charge in [0.2, 0.25) is 0 Å². The van der Waals surface area contributed by atoms with Crippen LogP contribution in [0.4, 0.5) is 4.39 Å². The van der Waals surface area contributed by atoms with Crippen LogP contribution in [0.3, 0.4) is 0 Å². The van der Waals surface area contributed by atoms with Gasteiger partial charge < -0.3 is 24.4 Å². The molecule has 17 heteroatoms. The smallest absolute Gasteiger partial charge is 0.342 e. The standard InChI is InChI=1S/C22H38FN4O11P/c1-12(2)36-19(31)14(5)25-39(34,26-15(6)20(32)37-13(3)4)35-11-22(23,16(7)29)38-18(10-28)27-9-8-17(30)24-21(27)33/h8-9,12-16,18,28-29H,10-11H2,1-7H3,(H,24,30,33)(H2,25,26,34)/t14-,15-,16-,18+,22+/m0/s1. The zero-order valence-electron chi connectivity index (χ0n) is 22.9. The number of hydrogen-bond donors (Lipinski definition) is 5. The second-order valence-electron chi connectivity index (χ2n) is 9.23. The van der Waals surface area contributed by atoms with Gasteiger partial charge in [0.15, 0.2) is 6.23 Å². The Kier molecular flexibility index (Phi) is 13.1. The third kappa shape index (κ3) is 10.9. The van der Waals surface area contributed by atoms with E-state index in [-0.39, 0.29) is 0 Å². The molecule has 0 fully saturated rings. The zero-order valence-corrected chi connectivity index (χ0v) is 23.8. The minimum atomic E-state index is -4.51. The summed E-state index contributed by atoms with van der Waals surface area (Å²) in [5, 5.41) is 24.5. The molecule has 1 aromatic rings. The summed E-state index contributed by atoms with van der Waals surface area (Å²) in [5.41, 5.74) is -1.80. The number of carbonyl (C=O) groups is 2. The van der Waals surface area contributed by atoms with Crippen molar-refractivity contribution in [3.8, 4) is 0 Å². The molecule has 1 rings (SSSR count). The fraction of sp³-hybridized carbons (Fsp3) is 0.727. The van der Waals surface area contributed by atoms with Crippen molar-refractivity contribution in [3.63, 3.8) is 0 Å². The van der Waals surface area contributed by atoms with Crippen LogP contribution in [-0.2, 0) is 32.9 Å². The number of aliphatic hydroxyl groups is 2. The first-order chi connectivity index (χ1) is 17.9. The topological polar surface area (TPSA) is 208 Å². The number of hydrogen-bond acceptors (Lipinski definition) is 11. The summed E-state index contributed by atoms with van der Waals surface area (Å²) in [6, 6.07) is -1.63. The highest BCUT2D eigenvalue weighted by Crippen LogP contribution is 2.41. The third-order valence-corrected chi connectivity index (χ3v) is 6.80. The van der Waals surface area contributed by atoms with Gasteiger partial charge in [-0.2, -0.15) is 0 Å². The second-order valence-corrected chi connectivity index (χ2v) is 11.1. The van der Waals surface area contributed by atoms with E-state index in [9.17, 15) is 34.0 Å². The molecule has 0 aliphatic rings. The van der Waals surface area contributed by atoms with E-state index in [1.165, 1.54) is 13.8 Å². The molecule has 0 amide bonds. The van der Waals surface area contributed by atoms with Crippen LogP contribution < -0.4 is 21.4 Å². The quantitative estimate of drug-likeness (QED) is 0.129. The largest absolute Gasteiger partial charge is 0.462 e. The fourth-order valence-electron chi connectivity index (χ4n) is 2.89. The molecule has 5 atom stereocenters. The first kappa shape index (κ1) is 34.6. The Morgan fingerprint density at radius 3 is 1.92 bits per heavy atom. The number of alkyl halides is 1. The van der Waals surface area contributed by atoms with E-state index in [1.54, 1.807) is 27.7 Å². The van der Waals surface area contributed by atoms with Gasteiger partial charge >= 0.3 is 25.3 Å². The van der Waals surface area contributed by atoms with Crippen LogP contribution in [0.2, 0.25) is 0 Å². The average molecular weight is 585 g/mol. The van der Waals surface area contributed by atoms with Gasteiger partial charge in [-0.25, -0.2) is 19.4 Å². The Labute approximate surface area is 224 Å². The summed E-state index contributed by atoms with van der Waals surface area (Å²) in [6.07, 6.45) is -3.82. The molecule has 0 radical (unpaired) electrons. The Hall–Kier alpha value is -2.46. The molecule has 39 heavy (non-hydrogen) atoms. The van der Waals surface area contributed by atoms with Gasteiger partial charge in [-0.1, -0.05) is 0 Å². The van der Waals surface area contributed by atoms with Crippen LogP contribution in [0.15, 0.2) is 21.9 Å². The van der Waals surface area contributed by atoms with Crippen LogP contribution in [-0.4, -0.2) is 81.2 Å². The normalized spacial score (nSPS) is 16.8. The molecule has 0 aliphatic heterocycles. The molecule has 5 N–H and O–H groups in total. The molecule has 0 bridgehead atoms. The maximum absolute atomic E-state index is 15.9. The molecule has 0 unspecified atom stereocenters. The van der Waals surface area contributed by atoms with E-state index in [0.717, 1.165) is 19.2 Å². The van der Waals surface area contributed by atoms with Crippen molar-refractivity contribution in [2.75, 3.05) is 13.2 Å². The van der Waals surface area contributed by atoms with Gasteiger partial charge in [0, 0.05) is 12.3 Å². The van der Waals surface area contributed by atoms with Crippen molar-refractivity contribution in [3.05, 3.63) is 33.1 Å². The predicted molar refractivity (Wildman–Crippen MR) is 135 cm³/mol. The summed E-state index contributed by atoms with van der Waals surface area (Å²) in [6.45, 7) is 7.64. The van der Waals surface area contributed by atoms with Crippen LogP contribution in [0.25, 0.3) is 0 Å². The summed E-state index contributed by atoms with van der Waals surface area (Å²) >= 11 is 0. The van der Waals surface area contributed by atoms with E-state index in [2.05, 4.69) is 10.2 Å². The van der Waals surface area contributed by atoms with E-state index < -0.39 is 86.5 Å². The highest BCUT2D eigenvalue weighted by Gasteiger charge is 2.44. The zero-order chi connectivity index (χ0) is 30.1. The summed E-state index contributed by atoms with van der Waals surface area (Å²) in [4.78, 5) is 49.9. The lowest BCUT2D eigenvalue weighted by Gasteiger charge is -2.34. The van der Waals surface area contributed by atoms with Gasteiger partial charge in [0.1, 0.15) is 24.8 Å². The molecule has 1 heterocycles. The van der Waals surface area contributed by atoms with Crippen LogP contribution >= 0.6 is 7.67 Å². The van der Waals surface area contributed by atoms with Crippen LogP contribution in [0.1, 0.15) is 54.7 Å². The number of nitrogens with one attached hydrogen (secondary N) is 3. The van der Waals surface area contributed by atoms with Gasteiger partial charge in [0.25, 0.3) is 11.4 Å². The summed E-state index contributed by atoms with van der Waals surface area (Å²) < 4.78 is 50.7. The monoisotopic (exact) mass is 584 g/mol. The van der Waals surface area contributed by atoms with E-state index in [0.29, 0.717) is 4.57 Å². The number of aliphatic hydroxyl groups excluding tert-OH is 2. The highest BCUT2D eigenvalue weighted by atomic mass is 31.2. The molecular weight excluding hydrogens is 546 g/mol. The van der Waals surface area contributed by atoms with Crippen LogP contribution in [0, 0.1) is 0 Å². The molecule has 0 aromatic carbocycles. The van der Waals surface area contributed by atoms with Crippen LogP contribution in [0.5, 0.6) is 0 Å². The average Bonchev–Trinajstić information content (AvgIpc) is 2.80. The molecule has 0 spiro atoms. The molecular formula is C22H38FN4O11P. The van der Waals surface area contributed by atoms with Crippen molar-refractivity contribution >= 4 is 19.6 Å². The Morgan fingerprint density at radius 1 is 1.05 bits per heavy atom. The van der Waals surface area contributed by atoms with Gasteiger partial charge in [-0.3, -0.25) is 33.0 Å². The number of H-pyrrole nitrogens is 1. The molecule has 0 aliphatic carbocycles. The number of halogens is 1. The Bertz CT molecular complexity index is 1090. The number of aromatic nitrogens is 2. The SMILES string of the molecule is CC(C)OC(=O)[C@H](C)NP(=O)(N[C@@H](C)C(=O)OC(C)C)OC[C@@](F)(O[C@H](CO)n1ccc(=O)[nH]c1=O)[C@H](C)O. The lowest BCUT2D eigenvalue weighted by molar-refractivity contribution is -0.264. The lowest BCUT2D eigenvalue weighted by Crippen LogP contribution is -2.49. The minimum Gasteiger partial charge on any atom is -0.462 e. The van der Waals surface area contributed by atoms with Crippen molar-refractivity contribution in [2.24, 2.45) is 0 Å². The maximum Gasteiger partial charge on any atom is 0.342 e.